The highest BCUT2D eigenvalue weighted by molar-refractivity contribution is 5.98. The van der Waals surface area contributed by atoms with Crippen molar-refractivity contribution < 1.29 is 13.6 Å². The summed E-state index contributed by atoms with van der Waals surface area (Å²) < 4.78 is 27.0. The lowest BCUT2D eigenvalue weighted by molar-refractivity contribution is 0.237. The van der Waals surface area contributed by atoms with Gasteiger partial charge < -0.3 is 15.5 Å². The molecule has 2 amide bonds. The number of carbonyl (C=O) groups is 1. The molecule has 1 fully saturated rings. The second-order valence-corrected chi connectivity index (χ2v) is 6.22. The van der Waals surface area contributed by atoms with Crippen molar-refractivity contribution in [2.45, 2.75) is 6.04 Å². The zero-order valence-electron chi connectivity index (χ0n) is 13.5. The first-order valence-corrected chi connectivity index (χ1v) is 8.23. The molecule has 2 heterocycles. The van der Waals surface area contributed by atoms with E-state index in [1.54, 1.807) is 23.1 Å². The first-order valence-electron chi connectivity index (χ1n) is 8.23. The van der Waals surface area contributed by atoms with Gasteiger partial charge in [-0.2, -0.15) is 0 Å². The van der Waals surface area contributed by atoms with E-state index in [0.717, 1.165) is 18.8 Å². The third-order valence-corrected chi connectivity index (χ3v) is 4.56. The number of fused-ring (bicyclic) bond motifs is 1. The van der Waals surface area contributed by atoms with Crippen molar-refractivity contribution in [3.63, 3.8) is 0 Å². The number of hydrogen-bond acceptors (Lipinski definition) is 3. The van der Waals surface area contributed by atoms with E-state index in [2.05, 4.69) is 10.6 Å². The van der Waals surface area contributed by atoms with Crippen LogP contribution in [0.3, 0.4) is 0 Å². The number of urea groups is 1. The average molecular weight is 344 g/mol. The zero-order chi connectivity index (χ0) is 17.4. The third-order valence-electron chi connectivity index (χ3n) is 4.56. The number of nitrogens with zero attached hydrogens (tertiary/aromatic N) is 2. The summed E-state index contributed by atoms with van der Waals surface area (Å²) in [6, 6.07) is 10.4. The maximum absolute atomic E-state index is 13.8. The van der Waals surface area contributed by atoms with Gasteiger partial charge in [0.05, 0.1) is 17.4 Å². The van der Waals surface area contributed by atoms with E-state index in [1.165, 1.54) is 24.3 Å². The molecular formula is C18H18F2N4O. The average Bonchev–Trinajstić information content (AvgIpc) is 2.57. The number of carbonyl (C=O) groups excluding carboxylic acids is 1. The highest BCUT2D eigenvalue weighted by Crippen LogP contribution is 2.38. The van der Waals surface area contributed by atoms with Gasteiger partial charge in [-0.3, -0.25) is 4.90 Å². The Morgan fingerprint density at radius 2 is 1.72 bits per heavy atom. The van der Waals surface area contributed by atoms with E-state index in [-0.39, 0.29) is 23.7 Å². The molecule has 2 aliphatic rings. The second kappa shape index (κ2) is 6.33. The van der Waals surface area contributed by atoms with Crippen LogP contribution in [0.2, 0.25) is 0 Å². The van der Waals surface area contributed by atoms with Crippen molar-refractivity contribution in [2.75, 3.05) is 36.0 Å². The molecule has 2 N–H and O–H groups in total. The van der Waals surface area contributed by atoms with Gasteiger partial charge in [-0.1, -0.05) is 0 Å². The van der Waals surface area contributed by atoms with Gasteiger partial charge in [0.25, 0.3) is 0 Å². The molecule has 2 aromatic rings. The highest BCUT2D eigenvalue weighted by Gasteiger charge is 2.30. The van der Waals surface area contributed by atoms with E-state index < -0.39 is 0 Å². The molecule has 1 saturated heterocycles. The van der Waals surface area contributed by atoms with Gasteiger partial charge in [0.15, 0.2) is 0 Å². The quantitative estimate of drug-likeness (QED) is 0.880. The first kappa shape index (κ1) is 15.8. The van der Waals surface area contributed by atoms with Gasteiger partial charge in [-0.25, -0.2) is 13.6 Å². The van der Waals surface area contributed by atoms with Gasteiger partial charge in [0.1, 0.15) is 11.6 Å². The number of hydrogen-bond donors (Lipinski definition) is 2. The SMILES string of the molecule is O=C(NC1CNC1)N1CCN(c2ccc(F)cc2)c2cc(F)ccc21. The normalized spacial score (nSPS) is 17.0. The Kier molecular flexibility index (Phi) is 4.01. The summed E-state index contributed by atoms with van der Waals surface area (Å²) in [5.41, 5.74) is 2.00. The number of rotatable bonds is 2. The van der Waals surface area contributed by atoms with Crippen LogP contribution in [0.4, 0.5) is 30.6 Å². The molecule has 0 aliphatic carbocycles. The van der Waals surface area contributed by atoms with Crippen molar-refractivity contribution in [3.8, 4) is 0 Å². The number of amides is 2. The lowest BCUT2D eigenvalue weighted by Crippen LogP contribution is -2.60. The molecule has 130 valence electrons. The summed E-state index contributed by atoms with van der Waals surface area (Å²) >= 11 is 0. The van der Waals surface area contributed by atoms with Gasteiger partial charge in [0.2, 0.25) is 0 Å². The molecule has 0 saturated carbocycles. The molecule has 2 aromatic carbocycles. The fraction of sp³-hybridized carbons (Fsp3) is 0.278. The monoisotopic (exact) mass is 344 g/mol. The maximum atomic E-state index is 13.8. The van der Waals surface area contributed by atoms with Crippen LogP contribution in [0, 0.1) is 11.6 Å². The fourth-order valence-corrected chi connectivity index (χ4v) is 3.13. The van der Waals surface area contributed by atoms with Gasteiger partial charge in [-0.15, -0.1) is 0 Å². The Hall–Kier alpha value is -2.67. The molecule has 7 heteroatoms. The van der Waals surface area contributed by atoms with E-state index in [1.807, 2.05) is 4.90 Å². The number of anilines is 3. The smallest absolute Gasteiger partial charge is 0.322 e. The Morgan fingerprint density at radius 3 is 2.40 bits per heavy atom. The van der Waals surface area contributed by atoms with Crippen LogP contribution >= 0.6 is 0 Å². The van der Waals surface area contributed by atoms with Crippen molar-refractivity contribution in [3.05, 3.63) is 54.1 Å². The predicted molar refractivity (Wildman–Crippen MR) is 92.3 cm³/mol. The zero-order valence-corrected chi connectivity index (χ0v) is 13.5. The second-order valence-electron chi connectivity index (χ2n) is 6.22. The molecule has 4 rings (SSSR count). The Labute approximate surface area is 144 Å². The standard InChI is InChI=1S/C18H18F2N4O/c19-12-1-4-15(5-2-12)23-7-8-24(18(25)22-14-10-21-11-14)16-6-3-13(20)9-17(16)23/h1-6,9,14,21H,7-8,10-11H2,(H,22,25). The molecule has 0 bridgehead atoms. The maximum Gasteiger partial charge on any atom is 0.322 e. The minimum absolute atomic E-state index is 0.131. The highest BCUT2D eigenvalue weighted by atomic mass is 19.1. The van der Waals surface area contributed by atoms with Crippen LogP contribution in [0.25, 0.3) is 0 Å². The molecular weight excluding hydrogens is 326 g/mol. The van der Waals surface area contributed by atoms with Crippen LogP contribution in [0.5, 0.6) is 0 Å². The molecule has 0 radical (unpaired) electrons. The fourth-order valence-electron chi connectivity index (χ4n) is 3.13. The summed E-state index contributed by atoms with van der Waals surface area (Å²) in [6.07, 6.45) is 0. The Bertz CT molecular complexity index is 792. The van der Waals surface area contributed by atoms with Crippen LogP contribution in [0.15, 0.2) is 42.5 Å². The van der Waals surface area contributed by atoms with E-state index in [9.17, 15) is 13.6 Å². The third kappa shape index (κ3) is 3.02. The van der Waals surface area contributed by atoms with Crippen molar-refractivity contribution in [1.29, 1.82) is 0 Å². The van der Waals surface area contributed by atoms with Crippen LogP contribution < -0.4 is 20.4 Å². The molecule has 25 heavy (non-hydrogen) atoms. The molecule has 5 nitrogen and oxygen atoms in total. The molecule has 0 spiro atoms. The minimum atomic E-state index is -0.378. The largest absolute Gasteiger partial charge is 0.338 e. The van der Waals surface area contributed by atoms with Crippen LogP contribution in [0.1, 0.15) is 0 Å². The first-order chi connectivity index (χ1) is 12.1. The summed E-state index contributed by atoms with van der Waals surface area (Å²) in [6.45, 7) is 2.48. The number of nitrogens with one attached hydrogen (secondary N) is 2. The van der Waals surface area contributed by atoms with E-state index in [4.69, 9.17) is 0 Å². The molecule has 0 atom stereocenters. The Balaban J connectivity index is 1.66. The van der Waals surface area contributed by atoms with Crippen LogP contribution in [-0.2, 0) is 0 Å². The topological polar surface area (TPSA) is 47.6 Å². The van der Waals surface area contributed by atoms with Crippen molar-refractivity contribution >= 4 is 23.1 Å². The van der Waals surface area contributed by atoms with Crippen LogP contribution in [-0.4, -0.2) is 38.3 Å². The summed E-state index contributed by atoms with van der Waals surface area (Å²) in [7, 11) is 0. The van der Waals surface area contributed by atoms with Crippen molar-refractivity contribution in [1.82, 2.24) is 10.6 Å². The van der Waals surface area contributed by atoms with E-state index in [0.29, 0.717) is 24.5 Å². The molecule has 0 aromatic heterocycles. The molecule has 2 aliphatic heterocycles. The minimum Gasteiger partial charge on any atom is -0.338 e. The van der Waals surface area contributed by atoms with Gasteiger partial charge in [0, 0.05) is 31.9 Å². The molecule has 0 unspecified atom stereocenters. The predicted octanol–water partition coefficient (Wildman–Crippen LogP) is 2.60. The Morgan fingerprint density at radius 1 is 1.00 bits per heavy atom. The van der Waals surface area contributed by atoms with Crippen molar-refractivity contribution in [2.24, 2.45) is 0 Å². The summed E-state index contributed by atoms with van der Waals surface area (Å²) in [5.74, 6) is -0.702. The van der Waals surface area contributed by atoms with Gasteiger partial charge in [-0.05, 0) is 42.5 Å². The summed E-state index contributed by atoms with van der Waals surface area (Å²) in [4.78, 5) is 16.1. The number of halogens is 2. The summed E-state index contributed by atoms with van der Waals surface area (Å²) in [5, 5.41) is 6.07. The lowest BCUT2D eigenvalue weighted by Gasteiger charge is -2.39. The lowest BCUT2D eigenvalue weighted by atomic mass is 10.1. The van der Waals surface area contributed by atoms with E-state index >= 15 is 0 Å². The number of benzene rings is 2. The van der Waals surface area contributed by atoms with Gasteiger partial charge >= 0.3 is 6.03 Å².